The number of aryl methyl sites for hydroxylation is 2. The Balaban J connectivity index is 1.10. The number of hydrogen-bond acceptors (Lipinski definition) is 4. The molecule has 0 spiro atoms. The van der Waals surface area contributed by atoms with Crippen molar-refractivity contribution in [2.75, 3.05) is 0 Å². The number of aromatic amines is 1. The van der Waals surface area contributed by atoms with Gasteiger partial charge < -0.3 is 10.4 Å². The lowest BCUT2D eigenvalue weighted by atomic mass is 9.54. The summed E-state index contributed by atoms with van der Waals surface area (Å²) in [7, 11) is 0. The summed E-state index contributed by atoms with van der Waals surface area (Å²) in [6.07, 6.45) is 10.7. The predicted octanol–water partition coefficient (Wildman–Crippen LogP) is 6.36. The van der Waals surface area contributed by atoms with Gasteiger partial charge in [0.1, 0.15) is 11.5 Å². The minimum atomic E-state index is -0.222. The van der Waals surface area contributed by atoms with E-state index in [1.165, 1.54) is 11.1 Å². The Labute approximate surface area is 231 Å². The maximum Gasteiger partial charge on any atom is 0.220 e. The van der Waals surface area contributed by atoms with Crippen molar-refractivity contribution in [2.45, 2.75) is 90.5 Å². The van der Waals surface area contributed by atoms with Crippen molar-refractivity contribution in [1.29, 1.82) is 0 Å². The number of nitrogens with zero attached hydrogens (tertiary/aromatic N) is 1. The molecule has 6 heteroatoms. The summed E-state index contributed by atoms with van der Waals surface area (Å²) < 4.78 is 0. The van der Waals surface area contributed by atoms with Gasteiger partial charge in [0.15, 0.2) is 0 Å². The lowest BCUT2D eigenvalue weighted by Gasteiger charge is -2.50. The number of nitrogens with one attached hydrogen (secondary N) is 2. The average Bonchev–Trinajstić information content (AvgIpc) is 3.49. The third-order valence-corrected chi connectivity index (χ3v) is 10.3. The highest BCUT2D eigenvalue weighted by atomic mass is 16.3. The zero-order valence-electron chi connectivity index (χ0n) is 23.3. The minimum absolute atomic E-state index is 0.0724. The number of H-pyrrole nitrogens is 1. The number of Topliss-reactive ketones (excluding diaryl/α,β-unsaturated/α-hetero) is 1. The molecule has 5 atom stereocenters. The van der Waals surface area contributed by atoms with Crippen LogP contribution in [0, 0.1) is 23.2 Å². The summed E-state index contributed by atoms with van der Waals surface area (Å²) in [4.78, 5) is 26.0. The SMILES string of the molecule is CCCc1cc2c(cc1O)CC[C@H]1[C@@H]3[C@H](CCCC(=O)NCc4ccc5cn[nH]c5c4)CC(=O)[C@@]3(C)CC[C@H]21. The van der Waals surface area contributed by atoms with Gasteiger partial charge in [-0.05, 0) is 103 Å². The summed E-state index contributed by atoms with van der Waals surface area (Å²) in [6.45, 7) is 4.89. The van der Waals surface area contributed by atoms with Crippen molar-refractivity contribution in [2.24, 2.45) is 23.2 Å². The normalized spacial score (nSPS) is 27.7. The third kappa shape index (κ3) is 4.76. The summed E-state index contributed by atoms with van der Waals surface area (Å²) in [5.74, 6) is 2.71. The van der Waals surface area contributed by atoms with Crippen LogP contribution in [-0.2, 0) is 29.0 Å². The molecule has 39 heavy (non-hydrogen) atoms. The Hall–Kier alpha value is -3.15. The quantitative estimate of drug-likeness (QED) is 0.318. The Morgan fingerprint density at radius 1 is 1.23 bits per heavy atom. The minimum Gasteiger partial charge on any atom is -0.508 e. The molecular weight excluding hydrogens is 486 g/mol. The van der Waals surface area contributed by atoms with Crippen LogP contribution >= 0.6 is 0 Å². The Morgan fingerprint density at radius 2 is 2.10 bits per heavy atom. The van der Waals surface area contributed by atoms with Crippen LogP contribution in [0.15, 0.2) is 36.5 Å². The third-order valence-electron chi connectivity index (χ3n) is 10.3. The largest absolute Gasteiger partial charge is 0.508 e. The number of phenols is 1. The van der Waals surface area contributed by atoms with Crippen molar-refractivity contribution in [1.82, 2.24) is 15.5 Å². The van der Waals surface area contributed by atoms with Crippen molar-refractivity contribution in [3.63, 3.8) is 0 Å². The average molecular weight is 528 g/mol. The zero-order chi connectivity index (χ0) is 27.1. The molecule has 2 aromatic carbocycles. The number of aromatic hydroxyl groups is 1. The van der Waals surface area contributed by atoms with Crippen molar-refractivity contribution in [3.8, 4) is 5.75 Å². The van der Waals surface area contributed by atoms with Gasteiger partial charge in [0.25, 0.3) is 0 Å². The van der Waals surface area contributed by atoms with E-state index in [1.807, 2.05) is 24.3 Å². The smallest absolute Gasteiger partial charge is 0.220 e. The van der Waals surface area contributed by atoms with E-state index < -0.39 is 0 Å². The highest BCUT2D eigenvalue weighted by molar-refractivity contribution is 5.87. The van der Waals surface area contributed by atoms with E-state index in [0.717, 1.165) is 73.4 Å². The van der Waals surface area contributed by atoms with Gasteiger partial charge in [-0.2, -0.15) is 5.10 Å². The number of ketones is 1. The van der Waals surface area contributed by atoms with Crippen LogP contribution in [0.2, 0.25) is 0 Å². The molecule has 0 unspecified atom stereocenters. The van der Waals surface area contributed by atoms with E-state index in [4.69, 9.17) is 0 Å². The van der Waals surface area contributed by atoms with Gasteiger partial charge in [-0.3, -0.25) is 14.7 Å². The summed E-state index contributed by atoms with van der Waals surface area (Å²) in [5.41, 5.74) is 5.62. The van der Waals surface area contributed by atoms with Crippen LogP contribution in [0.5, 0.6) is 5.75 Å². The number of hydrogen-bond donors (Lipinski definition) is 3. The van der Waals surface area contributed by atoms with Gasteiger partial charge in [-0.25, -0.2) is 0 Å². The first-order valence-electron chi connectivity index (χ1n) is 14.9. The zero-order valence-corrected chi connectivity index (χ0v) is 23.3. The van der Waals surface area contributed by atoms with Crippen LogP contribution in [0.4, 0.5) is 0 Å². The molecule has 6 nitrogen and oxygen atoms in total. The van der Waals surface area contributed by atoms with Gasteiger partial charge in [0.05, 0.1) is 11.7 Å². The maximum atomic E-state index is 13.4. The van der Waals surface area contributed by atoms with Crippen LogP contribution < -0.4 is 5.32 Å². The Morgan fingerprint density at radius 3 is 2.95 bits per heavy atom. The molecule has 3 aliphatic carbocycles. The molecule has 1 aromatic heterocycles. The van der Waals surface area contributed by atoms with Gasteiger partial charge in [0, 0.05) is 30.2 Å². The molecule has 2 saturated carbocycles. The lowest BCUT2D eigenvalue weighted by Crippen LogP contribution is -2.44. The predicted molar refractivity (Wildman–Crippen MR) is 152 cm³/mol. The first-order valence-corrected chi connectivity index (χ1v) is 14.9. The van der Waals surface area contributed by atoms with E-state index >= 15 is 0 Å². The topological polar surface area (TPSA) is 95.1 Å². The van der Waals surface area contributed by atoms with Crippen molar-refractivity contribution >= 4 is 22.6 Å². The van der Waals surface area contributed by atoms with E-state index in [1.54, 1.807) is 6.20 Å². The molecular formula is C33H41N3O3. The number of fused-ring (bicyclic) bond motifs is 6. The monoisotopic (exact) mass is 527 g/mol. The van der Waals surface area contributed by atoms with E-state index in [0.29, 0.717) is 54.6 Å². The molecule has 2 fully saturated rings. The molecule has 0 aliphatic heterocycles. The fraction of sp³-hybridized carbons (Fsp3) is 0.545. The number of carbonyl (C=O) groups excluding carboxylic acids is 2. The summed E-state index contributed by atoms with van der Waals surface area (Å²) in [6, 6.07) is 10.4. The van der Waals surface area contributed by atoms with Crippen molar-refractivity contribution < 1.29 is 14.7 Å². The number of phenolic OH excluding ortho intramolecular Hbond substituents is 1. The first-order chi connectivity index (χ1) is 18.9. The second-order valence-corrected chi connectivity index (χ2v) is 12.6. The first kappa shape index (κ1) is 26.1. The molecule has 6 rings (SSSR count). The van der Waals surface area contributed by atoms with Crippen LogP contribution in [-0.4, -0.2) is 27.0 Å². The highest BCUT2D eigenvalue weighted by Gasteiger charge is 2.58. The van der Waals surface area contributed by atoms with Crippen molar-refractivity contribution in [3.05, 3.63) is 58.8 Å². The summed E-state index contributed by atoms with van der Waals surface area (Å²) >= 11 is 0. The number of aromatic nitrogens is 2. The lowest BCUT2D eigenvalue weighted by molar-refractivity contribution is -0.129. The van der Waals surface area contributed by atoms with Gasteiger partial charge in [0.2, 0.25) is 5.91 Å². The summed E-state index contributed by atoms with van der Waals surface area (Å²) in [5, 5.41) is 21.7. The van der Waals surface area contributed by atoms with E-state index in [2.05, 4.69) is 35.4 Å². The van der Waals surface area contributed by atoms with Crippen LogP contribution in [0.3, 0.4) is 0 Å². The second-order valence-electron chi connectivity index (χ2n) is 12.6. The Kier molecular flexibility index (Phi) is 6.98. The molecule has 3 aromatic rings. The van der Waals surface area contributed by atoms with E-state index in [9.17, 15) is 14.7 Å². The number of rotatable bonds is 8. The Bertz CT molecular complexity index is 1390. The number of carbonyl (C=O) groups is 2. The molecule has 0 bridgehead atoms. The molecule has 3 aliphatic rings. The van der Waals surface area contributed by atoms with Gasteiger partial charge >= 0.3 is 0 Å². The molecule has 0 saturated heterocycles. The highest BCUT2D eigenvalue weighted by Crippen LogP contribution is 2.62. The number of amides is 1. The number of benzene rings is 2. The standard InChI is InChI=1S/C33H41N3O3/c1-3-5-22-15-27-21(16-29(22)37)10-11-26-25(27)12-13-33(2)30(38)17-23(32(26)33)6-4-7-31(39)34-18-20-8-9-24-19-35-36-28(24)14-20/h8-9,14-16,19,23,25-26,32,37H,3-7,10-13,17-18H2,1-2H3,(H,34,39)(H,35,36)/t23-,25+,26-,32+,33-/m1/s1. The fourth-order valence-electron chi connectivity index (χ4n) is 8.36. The van der Waals surface area contributed by atoms with Crippen LogP contribution in [0.25, 0.3) is 10.9 Å². The van der Waals surface area contributed by atoms with E-state index in [-0.39, 0.29) is 11.3 Å². The molecule has 1 amide bonds. The fourth-order valence-corrected chi connectivity index (χ4v) is 8.36. The molecule has 206 valence electrons. The molecule has 0 radical (unpaired) electrons. The molecule has 3 N–H and O–H groups in total. The van der Waals surface area contributed by atoms with Crippen LogP contribution in [0.1, 0.15) is 93.4 Å². The second kappa shape index (κ2) is 10.4. The molecule has 1 heterocycles. The van der Waals surface area contributed by atoms with Gasteiger partial charge in [-0.15, -0.1) is 0 Å². The van der Waals surface area contributed by atoms with Gasteiger partial charge in [-0.1, -0.05) is 38.5 Å². The maximum absolute atomic E-state index is 13.4.